The molecule has 12 nitrogen and oxygen atoms in total. The summed E-state index contributed by atoms with van der Waals surface area (Å²) < 4.78 is 8.70. The number of hydrogen-bond acceptors (Lipinski definition) is 9. The number of ether oxygens (including phenoxy) is 1. The van der Waals surface area contributed by atoms with Crippen molar-refractivity contribution in [1.82, 2.24) is 29.6 Å². The van der Waals surface area contributed by atoms with Gasteiger partial charge in [0.2, 0.25) is 0 Å². The molecule has 6 rings (SSSR count). The first-order chi connectivity index (χ1) is 19.0. The number of primary amides is 1. The Balaban J connectivity index is 1.29. The topological polar surface area (TPSA) is 175 Å². The Morgan fingerprint density at radius 3 is 2.74 bits per heavy atom. The van der Waals surface area contributed by atoms with E-state index in [0.717, 1.165) is 72.4 Å². The fourth-order valence-electron chi connectivity index (χ4n) is 5.53. The molecule has 2 saturated carbocycles. The minimum atomic E-state index is -0.745. The molecule has 4 aromatic heterocycles. The molecule has 4 aromatic rings. The van der Waals surface area contributed by atoms with Crippen molar-refractivity contribution in [2.45, 2.75) is 56.7 Å². The molecule has 0 aliphatic heterocycles. The van der Waals surface area contributed by atoms with Gasteiger partial charge in [0.25, 0.3) is 0 Å². The molecular formula is C27H30N10O2. The Labute approximate surface area is 224 Å². The number of carbonyl (C=O) groups excluding carboxylic acids is 1. The van der Waals surface area contributed by atoms with Crippen molar-refractivity contribution in [2.75, 3.05) is 11.9 Å². The van der Waals surface area contributed by atoms with E-state index >= 15 is 0 Å². The Morgan fingerprint density at radius 1 is 1.15 bits per heavy atom. The highest BCUT2D eigenvalue weighted by Crippen LogP contribution is 2.36. The number of amides is 1. The number of pyridine rings is 1. The molecule has 0 unspecified atom stereocenters. The van der Waals surface area contributed by atoms with E-state index < -0.39 is 6.09 Å². The predicted octanol–water partition coefficient (Wildman–Crippen LogP) is 3.25. The highest BCUT2D eigenvalue weighted by molar-refractivity contribution is 5.79. The monoisotopic (exact) mass is 526 g/mol. The summed E-state index contributed by atoms with van der Waals surface area (Å²) in [5, 5.41) is 26.3. The summed E-state index contributed by atoms with van der Waals surface area (Å²) in [6.07, 6.45) is 10.3. The van der Waals surface area contributed by atoms with Gasteiger partial charge in [-0.25, -0.2) is 14.0 Å². The molecule has 0 saturated heterocycles. The van der Waals surface area contributed by atoms with Gasteiger partial charge in [0, 0.05) is 29.5 Å². The van der Waals surface area contributed by atoms with Crippen molar-refractivity contribution in [3.63, 3.8) is 0 Å². The Bertz CT molecular complexity index is 1540. The summed E-state index contributed by atoms with van der Waals surface area (Å²) >= 11 is 0. The van der Waals surface area contributed by atoms with E-state index in [1.165, 1.54) is 0 Å². The molecule has 12 heteroatoms. The number of nitriles is 1. The number of rotatable bonds is 7. The van der Waals surface area contributed by atoms with Crippen LogP contribution in [-0.4, -0.2) is 54.4 Å². The van der Waals surface area contributed by atoms with Crippen LogP contribution in [-0.2, 0) is 4.74 Å². The van der Waals surface area contributed by atoms with Crippen molar-refractivity contribution >= 4 is 17.3 Å². The predicted molar refractivity (Wildman–Crippen MR) is 143 cm³/mol. The summed E-state index contributed by atoms with van der Waals surface area (Å²) in [4.78, 5) is 15.7. The zero-order chi connectivity index (χ0) is 26.9. The zero-order valence-electron chi connectivity index (χ0n) is 21.4. The third-order valence-corrected chi connectivity index (χ3v) is 7.75. The van der Waals surface area contributed by atoms with Crippen molar-refractivity contribution in [3.05, 3.63) is 48.4 Å². The van der Waals surface area contributed by atoms with E-state index in [2.05, 4.69) is 26.8 Å². The van der Waals surface area contributed by atoms with Gasteiger partial charge in [-0.05, 0) is 68.7 Å². The van der Waals surface area contributed by atoms with Gasteiger partial charge in [-0.3, -0.25) is 4.98 Å². The van der Waals surface area contributed by atoms with Gasteiger partial charge in [0.1, 0.15) is 11.8 Å². The van der Waals surface area contributed by atoms with Crippen LogP contribution in [0.3, 0.4) is 0 Å². The number of carbonyl (C=O) groups is 1. The van der Waals surface area contributed by atoms with Crippen LogP contribution >= 0.6 is 0 Å². The maximum atomic E-state index is 11.0. The SMILES string of the molecule is N#Cc1cnn2c(-c3cc(NC4CC(COC(N)=O)C4)c(-c4cn(C5CCC(N)CC5)nn4)cn3)ccc2c1. The zero-order valence-corrected chi connectivity index (χ0v) is 21.4. The molecular weight excluding hydrogens is 496 g/mol. The molecule has 0 bridgehead atoms. The Morgan fingerprint density at radius 2 is 1.97 bits per heavy atom. The van der Waals surface area contributed by atoms with E-state index in [-0.39, 0.29) is 18.0 Å². The van der Waals surface area contributed by atoms with E-state index in [0.29, 0.717) is 18.2 Å². The summed E-state index contributed by atoms with van der Waals surface area (Å²) in [5.74, 6) is 0.270. The maximum absolute atomic E-state index is 11.0. The number of nitrogens with one attached hydrogen (secondary N) is 1. The van der Waals surface area contributed by atoms with Crippen LogP contribution in [0.25, 0.3) is 28.2 Å². The molecule has 2 fully saturated rings. The lowest BCUT2D eigenvalue weighted by Crippen LogP contribution is -2.38. The first-order valence-electron chi connectivity index (χ1n) is 13.2. The van der Waals surface area contributed by atoms with Gasteiger partial charge in [-0.1, -0.05) is 5.21 Å². The van der Waals surface area contributed by atoms with E-state index in [4.69, 9.17) is 21.2 Å². The number of nitrogens with two attached hydrogens (primary N) is 2. The quantitative estimate of drug-likeness (QED) is 0.326. The fourth-order valence-corrected chi connectivity index (χ4v) is 5.53. The minimum absolute atomic E-state index is 0.204. The van der Waals surface area contributed by atoms with Crippen LogP contribution in [0.5, 0.6) is 0 Å². The largest absolute Gasteiger partial charge is 0.449 e. The highest BCUT2D eigenvalue weighted by atomic mass is 16.5. The van der Waals surface area contributed by atoms with Crippen LogP contribution in [0.2, 0.25) is 0 Å². The summed E-state index contributed by atoms with van der Waals surface area (Å²) in [5.41, 5.74) is 16.6. The van der Waals surface area contributed by atoms with Gasteiger partial charge in [-0.15, -0.1) is 5.10 Å². The third-order valence-electron chi connectivity index (χ3n) is 7.75. The molecule has 2 aliphatic carbocycles. The number of hydrogen-bond donors (Lipinski definition) is 3. The van der Waals surface area contributed by atoms with Crippen LogP contribution in [0, 0.1) is 17.2 Å². The Hall–Kier alpha value is -4.50. The molecule has 0 radical (unpaired) electrons. The number of aromatic nitrogens is 6. The van der Waals surface area contributed by atoms with Gasteiger partial charge in [0.15, 0.2) is 0 Å². The second-order valence-corrected chi connectivity index (χ2v) is 10.5. The van der Waals surface area contributed by atoms with Gasteiger partial charge >= 0.3 is 6.09 Å². The van der Waals surface area contributed by atoms with Crippen molar-refractivity contribution in [3.8, 4) is 28.7 Å². The van der Waals surface area contributed by atoms with E-state index in [1.54, 1.807) is 16.8 Å². The standard InChI is InChI=1S/C27H30N10O2/c28-11-17-9-21-5-6-26(37(21)32-12-17)24-10-23(33-19-7-16(8-19)15-39-27(30)38)22(13-31-24)25-14-36(35-34-25)20-3-1-18(29)2-4-20/h5-6,9-10,12-14,16,18-20H,1-4,7-8,15,29H2,(H2,30,38)(H,31,33). The minimum Gasteiger partial charge on any atom is -0.449 e. The second kappa shape index (κ2) is 10.3. The number of nitrogens with zero attached hydrogens (tertiary/aromatic N) is 7. The molecule has 200 valence electrons. The molecule has 4 heterocycles. The molecule has 0 spiro atoms. The lowest BCUT2D eigenvalue weighted by atomic mass is 9.80. The average Bonchev–Trinajstić information content (AvgIpc) is 3.57. The van der Waals surface area contributed by atoms with Crippen LogP contribution in [0.4, 0.5) is 10.5 Å². The lowest BCUT2D eigenvalue weighted by Gasteiger charge is -2.36. The normalized spacial score (nSPS) is 22.7. The van der Waals surface area contributed by atoms with Crippen molar-refractivity contribution in [1.29, 1.82) is 5.26 Å². The molecule has 0 aromatic carbocycles. The number of anilines is 1. The first-order valence-corrected chi connectivity index (χ1v) is 13.2. The average molecular weight is 527 g/mol. The van der Waals surface area contributed by atoms with Gasteiger partial charge < -0.3 is 21.5 Å². The smallest absolute Gasteiger partial charge is 0.404 e. The molecule has 1 amide bonds. The van der Waals surface area contributed by atoms with Gasteiger partial charge in [0.05, 0.1) is 47.5 Å². The first kappa shape index (κ1) is 24.8. The maximum Gasteiger partial charge on any atom is 0.404 e. The summed E-state index contributed by atoms with van der Waals surface area (Å²) in [6, 6.07) is 10.6. The molecule has 0 atom stereocenters. The van der Waals surface area contributed by atoms with Gasteiger partial charge in [-0.2, -0.15) is 10.4 Å². The van der Waals surface area contributed by atoms with Crippen LogP contribution in [0.1, 0.15) is 50.1 Å². The summed E-state index contributed by atoms with van der Waals surface area (Å²) in [6.45, 7) is 0.327. The molecule has 39 heavy (non-hydrogen) atoms. The fraction of sp³-hybridized carbons (Fsp3) is 0.407. The number of fused-ring (bicyclic) bond motifs is 1. The second-order valence-electron chi connectivity index (χ2n) is 10.5. The lowest BCUT2D eigenvalue weighted by molar-refractivity contribution is 0.106. The molecule has 5 N–H and O–H groups in total. The van der Waals surface area contributed by atoms with Crippen LogP contribution < -0.4 is 16.8 Å². The van der Waals surface area contributed by atoms with E-state index in [9.17, 15) is 10.1 Å². The molecule has 2 aliphatic rings. The Kier molecular flexibility index (Phi) is 6.58. The third kappa shape index (κ3) is 5.13. The summed E-state index contributed by atoms with van der Waals surface area (Å²) in [7, 11) is 0. The van der Waals surface area contributed by atoms with Crippen LogP contribution in [0.15, 0.2) is 42.9 Å². The highest BCUT2D eigenvalue weighted by Gasteiger charge is 2.31. The van der Waals surface area contributed by atoms with E-state index in [1.807, 2.05) is 35.3 Å². The van der Waals surface area contributed by atoms with Crippen molar-refractivity contribution in [2.24, 2.45) is 17.4 Å². The van der Waals surface area contributed by atoms with Crippen molar-refractivity contribution < 1.29 is 9.53 Å².